The Labute approximate surface area is 57.3 Å². The molecular formula is C7H16O2. The van der Waals surface area contributed by atoms with E-state index in [1.54, 1.807) is 0 Å². The summed E-state index contributed by atoms with van der Waals surface area (Å²) in [5.41, 5.74) is 0. The molecular weight excluding hydrogens is 116 g/mol. The zero-order chi connectivity index (χ0) is 8.28. The molecule has 0 rings (SSSR count). The SMILES string of the molecule is CC.CC(C)=O.CC=O. The quantitative estimate of drug-likeness (QED) is 0.471. The van der Waals surface area contributed by atoms with Crippen LogP contribution in [0.5, 0.6) is 0 Å². The van der Waals surface area contributed by atoms with Gasteiger partial charge in [0.05, 0.1) is 0 Å². The third-order valence-electron chi connectivity index (χ3n) is 0. The Bertz CT molecular complexity index is 53.9. The summed E-state index contributed by atoms with van der Waals surface area (Å²) < 4.78 is 0. The van der Waals surface area contributed by atoms with Crippen LogP contribution in [0.25, 0.3) is 0 Å². The van der Waals surface area contributed by atoms with Crippen molar-refractivity contribution in [1.82, 2.24) is 0 Å². The first-order valence-electron chi connectivity index (χ1n) is 3.02. The molecule has 0 amide bonds. The van der Waals surface area contributed by atoms with Crippen molar-refractivity contribution in [2.75, 3.05) is 0 Å². The standard InChI is InChI=1S/C3H6O.C2H4O.C2H6/c1-3(2)4;1-2-3;1-2/h1-2H3;2H,1H3;1-2H3. The smallest absolute Gasteiger partial charge is 0.126 e. The lowest BCUT2D eigenvalue weighted by Gasteiger charge is -1.56. The Balaban J connectivity index is -0.0000000646. The number of aldehydes is 1. The van der Waals surface area contributed by atoms with Gasteiger partial charge in [0.25, 0.3) is 0 Å². The molecule has 56 valence electrons. The zero-order valence-electron chi connectivity index (χ0n) is 6.89. The van der Waals surface area contributed by atoms with Gasteiger partial charge < -0.3 is 9.59 Å². The Kier molecular flexibility index (Phi) is 46.3. The van der Waals surface area contributed by atoms with Gasteiger partial charge in [-0.25, -0.2) is 0 Å². The van der Waals surface area contributed by atoms with E-state index in [0.29, 0.717) is 0 Å². The normalized spacial score (nSPS) is 5.00. The first kappa shape index (κ1) is 15.8. The summed E-state index contributed by atoms with van der Waals surface area (Å²) in [5, 5.41) is 0. The van der Waals surface area contributed by atoms with Crippen molar-refractivity contribution in [2.24, 2.45) is 0 Å². The highest BCUT2D eigenvalue weighted by atomic mass is 16.1. The molecule has 0 spiro atoms. The first-order chi connectivity index (χ1) is 4.15. The predicted molar refractivity (Wildman–Crippen MR) is 39.4 cm³/mol. The molecule has 0 aliphatic carbocycles. The second-order valence-electron chi connectivity index (χ2n) is 1.14. The van der Waals surface area contributed by atoms with Gasteiger partial charge in [-0.2, -0.15) is 0 Å². The van der Waals surface area contributed by atoms with E-state index in [1.807, 2.05) is 13.8 Å². The molecule has 0 atom stereocenters. The Morgan fingerprint density at radius 3 is 1.22 bits per heavy atom. The van der Waals surface area contributed by atoms with Gasteiger partial charge in [0.1, 0.15) is 12.1 Å². The monoisotopic (exact) mass is 132 g/mol. The molecule has 2 heteroatoms. The largest absolute Gasteiger partial charge is 0.304 e. The minimum Gasteiger partial charge on any atom is -0.304 e. The van der Waals surface area contributed by atoms with Crippen LogP contribution in [0.2, 0.25) is 0 Å². The summed E-state index contributed by atoms with van der Waals surface area (Å²) in [6.45, 7) is 8.50. The number of rotatable bonds is 0. The number of hydrogen-bond donors (Lipinski definition) is 0. The zero-order valence-corrected chi connectivity index (χ0v) is 6.89. The number of carbonyl (C=O) groups is 2. The van der Waals surface area contributed by atoms with E-state index in [2.05, 4.69) is 0 Å². The molecule has 0 aromatic heterocycles. The van der Waals surface area contributed by atoms with Crippen molar-refractivity contribution < 1.29 is 9.59 Å². The van der Waals surface area contributed by atoms with E-state index in [9.17, 15) is 4.79 Å². The van der Waals surface area contributed by atoms with Crippen molar-refractivity contribution >= 4 is 12.1 Å². The lowest BCUT2D eigenvalue weighted by atomic mass is 10.6. The topological polar surface area (TPSA) is 34.1 Å². The summed E-state index contributed by atoms with van der Waals surface area (Å²) in [5.74, 6) is 0.167. The number of Topliss-reactive ketones (excluding diaryl/α,β-unsaturated/α-hetero) is 1. The van der Waals surface area contributed by atoms with Crippen molar-refractivity contribution in [2.45, 2.75) is 34.6 Å². The molecule has 0 bridgehead atoms. The van der Waals surface area contributed by atoms with Crippen LogP contribution in [0.15, 0.2) is 0 Å². The van der Waals surface area contributed by atoms with Gasteiger partial charge in [-0.15, -0.1) is 0 Å². The second kappa shape index (κ2) is 26.4. The van der Waals surface area contributed by atoms with Crippen LogP contribution in [-0.2, 0) is 9.59 Å². The highest BCUT2D eigenvalue weighted by Crippen LogP contribution is 1.50. The molecule has 0 N–H and O–H groups in total. The highest BCUT2D eigenvalue weighted by Gasteiger charge is 1.62. The molecule has 0 radical (unpaired) electrons. The Morgan fingerprint density at radius 1 is 1.22 bits per heavy atom. The first-order valence-corrected chi connectivity index (χ1v) is 3.02. The van der Waals surface area contributed by atoms with Gasteiger partial charge in [-0.05, 0) is 20.8 Å². The third-order valence-corrected chi connectivity index (χ3v) is 0. The average molecular weight is 132 g/mol. The van der Waals surface area contributed by atoms with Gasteiger partial charge in [0.15, 0.2) is 0 Å². The van der Waals surface area contributed by atoms with Crippen LogP contribution in [0.1, 0.15) is 34.6 Å². The van der Waals surface area contributed by atoms with Crippen molar-refractivity contribution in [3.8, 4) is 0 Å². The highest BCUT2D eigenvalue weighted by molar-refractivity contribution is 5.72. The summed E-state index contributed by atoms with van der Waals surface area (Å²) in [7, 11) is 0. The van der Waals surface area contributed by atoms with Gasteiger partial charge >= 0.3 is 0 Å². The lowest BCUT2D eigenvalue weighted by Crippen LogP contribution is -1.69. The molecule has 0 aromatic rings. The molecule has 0 aliphatic rings. The summed E-state index contributed by atoms with van der Waals surface area (Å²) in [4.78, 5) is 18.2. The maximum Gasteiger partial charge on any atom is 0.126 e. The van der Waals surface area contributed by atoms with Gasteiger partial charge in [0, 0.05) is 0 Å². The Morgan fingerprint density at radius 2 is 1.22 bits per heavy atom. The number of hydrogen-bond acceptors (Lipinski definition) is 2. The molecule has 0 heterocycles. The fourth-order valence-electron chi connectivity index (χ4n) is 0. The van der Waals surface area contributed by atoms with Crippen LogP contribution in [-0.4, -0.2) is 12.1 Å². The third kappa shape index (κ3) is 480. The molecule has 0 saturated heterocycles. The van der Waals surface area contributed by atoms with Crippen LogP contribution < -0.4 is 0 Å². The maximum atomic E-state index is 9.44. The molecule has 2 nitrogen and oxygen atoms in total. The van der Waals surface area contributed by atoms with E-state index in [4.69, 9.17) is 4.79 Å². The van der Waals surface area contributed by atoms with E-state index in [1.165, 1.54) is 20.8 Å². The van der Waals surface area contributed by atoms with Crippen LogP contribution >= 0.6 is 0 Å². The van der Waals surface area contributed by atoms with Crippen LogP contribution in [0.4, 0.5) is 0 Å². The Hall–Kier alpha value is -0.660. The summed E-state index contributed by atoms with van der Waals surface area (Å²) in [6, 6.07) is 0. The number of ketones is 1. The van der Waals surface area contributed by atoms with Gasteiger partial charge in [-0.3, -0.25) is 0 Å². The maximum absolute atomic E-state index is 9.44. The van der Waals surface area contributed by atoms with Crippen molar-refractivity contribution in [3.63, 3.8) is 0 Å². The number of carbonyl (C=O) groups excluding carboxylic acids is 2. The lowest BCUT2D eigenvalue weighted by molar-refractivity contribution is -0.115. The van der Waals surface area contributed by atoms with Crippen LogP contribution in [0.3, 0.4) is 0 Å². The fourth-order valence-corrected chi connectivity index (χ4v) is 0. The van der Waals surface area contributed by atoms with Crippen LogP contribution in [0, 0.1) is 0 Å². The molecule has 0 aliphatic heterocycles. The van der Waals surface area contributed by atoms with E-state index < -0.39 is 0 Å². The van der Waals surface area contributed by atoms with E-state index >= 15 is 0 Å². The minimum atomic E-state index is 0.167. The van der Waals surface area contributed by atoms with Gasteiger partial charge in [-0.1, -0.05) is 13.8 Å². The van der Waals surface area contributed by atoms with Crippen molar-refractivity contribution in [3.05, 3.63) is 0 Å². The predicted octanol–water partition coefficient (Wildman–Crippen LogP) is 1.83. The average Bonchev–Trinajstić information content (AvgIpc) is 1.71. The summed E-state index contributed by atoms with van der Waals surface area (Å²) >= 11 is 0. The second-order valence-corrected chi connectivity index (χ2v) is 1.14. The molecule has 0 saturated carbocycles. The van der Waals surface area contributed by atoms with E-state index in [0.717, 1.165) is 6.29 Å². The van der Waals surface area contributed by atoms with Crippen molar-refractivity contribution in [1.29, 1.82) is 0 Å². The van der Waals surface area contributed by atoms with Gasteiger partial charge in [0.2, 0.25) is 0 Å². The fraction of sp³-hybridized carbons (Fsp3) is 0.714. The molecule has 0 aromatic carbocycles. The minimum absolute atomic E-state index is 0.167. The van der Waals surface area contributed by atoms with E-state index in [-0.39, 0.29) is 5.78 Å². The molecule has 0 fully saturated rings. The molecule has 0 unspecified atom stereocenters. The molecule has 9 heavy (non-hydrogen) atoms. The summed E-state index contributed by atoms with van der Waals surface area (Å²) in [6.07, 6.45) is 0.750.